The molecular weight excluding hydrogens is 319 g/mol. The Morgan fingerprint density at radius 3 is 2.32 bits per heavy atom. The van der Waals surface area contributed by atoms with E-state index in [1.54, 1.807) is 17.0 Å². The summed E-state index contributed by atoms with van der Waals surface area (Å²) in [6.07, 6.45) is 0.102. The number of nitrogens with zero attached hydrogens (tertiary/aromatic N) is 2. The van der Waals surface area contributed by atoms with E-state index in [0.717, 1.165) is 11.4 Å². The molecule has 1 aliphatic rings. The average Bonchev–Trinajstić information content (AvgIpc) is 2.62. The van der Waals surface area contributed by atoms with Gasteiger partial charge in [-0.1, -0.05) is 24.3 Å². The van der Waals surface area contributed by atoms with Crippen LogP contribution in [0.2, 0.25) is 0 Å². The number of benzene rings is 2. The third-order valence-electron chi connectivity index (χ3n) is 4.24. The van der Waals surface area contributed by atoms with Gasteiger partial charge in [-0.15, -0.1) is 0 Å². The lowest BCUT2D eigenvalue weighted by Crippen LogP contribution is -2.49. The van der Waals surface area contributed by atoms with Crippen LogP contribution in [0.25, 0.3) is 0 Å². The van der Waals surface area contributed by atoms with Crippen molar-refractivity contribution in [1.82, 2.24) is 4.90 Å². The maximum Gasteiger partial charge on any atom is 0.256 e. The molecule has 0 unspecified atom stereocenters. The Labute approximate surface area is 147 Å². The number of hydrogen-bond acceptors (Lipinski definition) is 3. The number of rotatable bonds is 4. The quantitative estimate of drug-likeness (QED) is 0.851. The van der Waals surface area contributed by atoms with Crippen molar-refractivity contribution < 1.29 is 13.9 Å². The van der Waals surface area contributed by atoms with Crippen LogP contribution < -0.4 is 9.64 Å². The number of amides is 1. The minimum Gasteiger partial charge on any atom is -0.489 e. The molecule has 0 radical (unpaired) electrons. The van der Waals surface area contributed by atoms with E-state index in [0.29, 0.717) is 26.2 Å². The highest BCUT2D eigenvalue weighted by Crippen LogP contribution is 2.29. The zero-order chi connectivity index (χ0) is 17.8. The summed E-state index contributed by atoms with van der Waals surface area (Å²) in [6.45, 7) is 6.51. The van der Waals surface area contributed by atoms with Crippen LogP contribution in [0, 0.1) is 5.82 Å². The number of halogens is 1. The molecule has 1 heterocycles. The first-order chi connectivity index (χ1) is 12.1. The molecule has 1 fully saturated rings. The summed E-state index contributed by atoms with van der Waals surface area (Å²) < 4.78 is 19.7. The highest BCUT2D eigenvalue weighted by molar-refractivity contribution is 5.94. The Balaban J connectivity index is 1.68. The molecule has 2 aromatic carbocycles. The molecule has 4 nitrogen and oxygen atoms in total. The summed E-state index contributed by atoms with van der Waals surface area (Å²) in [5.41, 5.74) is 1.17. The van der Waals surface area contributed by atoms with Crippen molar-refractivity contribution in [2.75, 3.05) is 31.1 Å². The Bertz CT molecular complexity index is 740. The van der Waals surface area contributed by atoms with Crippen molar-refractivity contribution >= 4 is 11.6 Å². The van der Waals surface area contributed by atoms with Gasteiger partial charge in [-0.05, 0) is 38.1 Å². The normalized spacial score (nSPS) is 14.7. The van der Waals surface area contributed by atoms with Crippen molar-refractivity contribution in [1.29, 1.82) is 0 Å². The molecule has 1 amide bonds. The zero-order valence-electron chi connectivity index (χ0n) is 14.6. The fourth-order valence-corrected chi connectivity index (χ4v) is 3.03. The molecule has 5 heteroatoms. The van der Waals surface area contributed by atoms with Gasteiger partial charge in [0.15, 0.2) is 0 Å². The Morgan fingerprint density at radius 1 is 1.00 bits per heavy atom. The Morgan fingerprint density at radius 2 is 1.64 bits per heavy atom. The first-order valence-electron chi connectivity index (χ1n) is 8.60. The van der Waals surface area contributed by atoms with E-state index in [-0.39, 0.29) is 17.6 Å². The van der Waals surface area contributed by atoms with E-state index in [2.05, 4.69) is 4.90 Å². The van der Waals surface area contributed by atoms with E-state index in [1.165, 1.54) is 12.1 Å². The van der Waals surface area contributed by atoms with Gasteiger partial charge in [-0.2, -0.15) is 0 Å². The lowest BCUT2D eigenvalue weighted by atomic mass is 10.1. The Hall–Kier alpha value is -2.56. The van der Waals surface area contributed by atoms with E-state index < -0.39 is 5.82 Å². The molecule has 0 atom stereocenters. The molecule has 0 aromatic heterocycles. The highest BCUT2D eigenvalue weighted by Gasteiger charge is 2.25. The van der Waals surface area contributed by atoms with Gasteiger partial charge in [0.05, 0.1) is 17.4 Å². The van der Waals surface area contributed by atoms with Crippen LogP contribution in [0.15, 0.2) is 48.5 Å². The maximum atomic E-state index is 13.8. The monoisotopic (exact) mass is 342 g/mol. The molecule has 0 saturated carbocycles. The van der Waals surface area contributed by atoms with Crippen LogP contribution in [0.4, 0.5) is 10.1 Å². The van der Waals surface area contributed by atoms with E-state index in [4.69, 9.17) is 4.74 Å². The van der Waals surface area contributed by atoms with Crippen molar-refractivity contribution in [3.05, 3.63) is 59.9 Å². The minimum absolute atomic E-state index is 0.102. The topological polar surface area (TPSA) is 32.8 Å². The molecule has 0 aliphatic carbocycles. The molecule has 1 saturated heterocycles. The van der Waals surface area contributed by atoms with E-state index in [9.17, 15) is 9.18 Å². The smallest absolute Gasteiger partial charge is 0.256 e. The number of piperazine rings is 1. The van der Waals surface area contributed by atoms with Crippen LogP contribution in [-0.4, -0.2) is 43.1 Å². The maximum absolute atomic E-state index is 13.8. The largest absolute Gasteiger partial charge is 0.489 e. The SMILES string of the molecule is CC(C)Oc1ccccc1N1CCN(C(=O)c2ccccc2F)CC1. The van der Waals surface area contributed by atoms with Gasteiger partial charge in [0.1, 0.15) is 11.6 Å². The molecule has 0 spiro atoms. The molecule has 132 valence electrons. The summed E-state index contributed by atoms with van der Waals surface area (Å²) in [5.74, 6) is 0.140. The number of hydrogen-bond donors (Lipinski definition) is 0. The van der Waals surface area contributed by atoms with Gasteiger partial charge < -0.3 is 14.5 Å². The van der Waals surface area contributed by atoms with Gasteiger partial charge in [-0.25, -0.2) is 4.39 Å². The third kappa shape index (κ3) is 3.92. The second-order valence-electron chi connectivity index (χ2n) is 6.39. The van der Waals surface area contributed by atoms with Crippen molar-refractivity contribution in [3.63, 3.8) is 0 Å². The molecule has 1 aliphatic heterocycles. The van der Waals surface area contributed by atoms with Gasteiger partial charge in [0, 0.05) is 26.2 Å². The Kier molecular flexibility index (Phi) is 5.22. The van der Waals surface area contributed by atoms with Crippen molar-refractivity contribution in [3.8, 4) is 5.75 Å². The van der Waals surface area contributed by atoms with Gasteiger partial charge >= 0.3 is 0 Å². The first-order valence-corrected chi connectivity index (χ1v) is 8.60. The van der Waals surface area contributed by atoms with Crippen molar-refractivity contribution in [2.45, 2.75) is 20.0 Å². The van der Waals surface area contributed by atoms with E-state index >= 15 is 0 Å². The van der Waals surface area contributed by atoms with Crippen LogP contribution >= 0.6 is 0 Å². The minimum atomic E-state index is -0.467. The predicted octanol–water partition coefficient (Wildman–Crippen LogP) is 3.58. The molecule has 2 aromatic rings. The third-order valence-corrected chi connectivity index (χ3v) is 4.24. The number of para-hydroxylation sites is 2. The fourth-order valence-electron chi connectivity index (χ4n) is 3.03. The van der Waals surface area contributed by atoms with Gasteiger partial charge in [0.25, 0.3) is 5.91 Å². The summed E-state index contributed by atoms with van der Waals surface area (Å²) in [6, 6.07) is 14.1. The van der Waals surface area contributed by atoms with E-state index in [1.807, 2.05) is 38.1 Å². The molecule has 0 bridgehead atoms. The first kappa shape index (κ1) is 17.3. The standard InChI is InChI=1S/C20H23FN2O2/c1-15(2)25-19-10-6-5-9-18(19)22-11-13-23(14-12-22)20(24)16-7-3-4-8-17(16)21/h3-10,15H,11-14H2,1-2H3. The summed E-state index contributed by atoms with van der Waals surface area (Å²) in [7, 11) is 0. The fraction of sp³-hybridized carbons (Fsp3) is 0.350. The zero-order valence-corrected chi connectivity index (χ0v) is 14.6. The number of carbonyl (C=O) groups is 1. The molecular formula is C20H23FN2O2. The lowest BCUT2D eigenvalue weighted by Gasteiger charge is -2.37. The van der Waals surface area contributed by atoms with Gasteiger partial charge in [-0.3, -0.25) is 4.79 Å². The second kappa shape index (κ2) is 7.55. The summed E-state index contributed by atoms with van der Waals surface area (Å²) in [4.78, 5) is 16.4. The van der Waals surface area contributed by atoms with Crippen LogP contribution in [0.1, 0.15) is 24.2 Å². The molecule has 0 N–H and O–H groups in total. The summed E-state index contributed by atoms with van der Waals surface area (Å²) in [5, 5.41) is 0. The summed E-state index contributed by atoms with van der Waals surface area (Å²) >= 11 is 0. The second-order valence-corrected chi connectivity index (χ2v) is 6.39. The average molecular weight is 342 g/mol. The lowest BCUT2D eigenvalue weighted by molar-refractivity contribution is 0.0742. The molecule has 25 heavy (non-hydrogen) atoms. The van der Waals surface area contributed by atoms with Gasteiger partial charge in [0.2, 0.25) is 0 Å². The number of ether oxygens (including phenoxy) is 1. The van der Waals surface area contributed by atoms with Crippen LogP contribution in [0.3, 0.4) is 0 Å². The predicted molar refractivity (Wildman–Crippen MR) is 96.7 cm³/mol. The highest BCUT2D eigenvalue weighted by atomic mass is 19.1. The molecule has 3 rings (SSSR count). The van der Waals surface area contributed by atoms with Crippen LogP contribution in [-0.2, 0) is 0 Å². The van der Waals surface area contributed by atoms with Crippen molar-refractivity contribution in [2.24, 2.45) is 0 Å². The number of carbonyl (C=O) groups excluding carboxylic acids is 1. The number of anilines is 1. The van der Waals surface area contributed by atoms with Crippen LogP contribution in [0.5, 0.6) is 5.75 Å².